The van der Waals surface area contributed by atoms with Gasteiger partial charge in [0, 0.05) is 25.0 Å². The third-order valence-corrected chi connectivity index (χ3v) is 10.7. The number of hydrogen-bond donors (Lipinski definition) is 4. The number of aromatic nitrogens is 2. The Labute approximate surface area is 288 Å². The summed E-state index contributed by atoms with van der Waals surface area (Å²) in [6, 6.07) is -3.68. The van der Waals surface area contributed by atoms with Crippen molar-refractivity contribution in [3.63, 3.8) is 0 Å². The Balaban J connectivity index is 1.36. The van der Waals surface area contributed by atoms with Crippen LogP contribution in [0.2, 0.25) is 0 Å². The van der Waals surface area contributed by atoms with Gasteiger partial charge in [-0.15, -0.1) is 0 Å². The fraction of sp³-hybridized carbons (Fsp3) is 0.722. The maximum absolute atomic E-state index is 14.6. The SMILES string of the molecule is CCCC(NC(=O)C1[C@H]2CCC[C@H]2CN1C(=O)[C@@H](NC(=O)[C@@H](NC(=O)c1cnccn1)C1CCCCC1)C(C)(C)C)C(=O)C(=O)NC1CC1. The summed E-state index contributed by atoms with van der Waals surface area (Å²) < 4.78 is 0. The molecule has 0 aromatic carbocycles. The minimum atomic E-state index is -0.994. The summed E-state index contributed by atoms with van der Waals surface area (Å²) in [5, 5.41) is 11.5. The molecule has 13 nitrogen and oxygen atoms in total. The van der Waals surface area contributed by atoms with Crippen LogP contribution in [0.3, 0.4) is 0 Å². The molecular formula is C36H53N7O6. The predicted octanol–water partition coefficient (Wildman–Crippen LogP) is 2.45. The topological polar surface area (TPSA) is 180 Å². The van der Waals surface area contributed by atoms with E-state index in [9.17, 15) is 28.8 Å². The highest BCUT2D eigenvalue weighted by Gasteiger charge is 2.52. The highest BCUT2D eigenvalue weighted by atomic mass is 16.2. The fourth-order valence-electron chi connectivity index (χ4n) is 7.87. The minimum absolute atomic E-state index is 0.0132. The number of hydrogen-bond acceptors (Lipinski definition) is 8. The van der Waals surface area contributed by atoms with E-state index in [4.69, 9.17) is 0 Å². The van der Waals surface area contributed by atoms with Gasteiger partial charge in [-0.3, -0.25) is 33.8 Å². The molecule has 3 aliphatic carbocycles. The number of carbonyl (C=O) groups is 6. The zero-order valence-electron chi connectivity index (χ0n) is 29.3. The third-order valence-electron chi connectivity index (χ3n) is 10.7. The van der Waals surface area contributed by atoms with Crippen LogP contribution in [0.25, 0.3) is 0 Å². The number of Topliss-reactive ketones (excluding diaryl/α,β-unsaturated/α-hetero) is 1. The lowest BCUT2D eigenvalue weighted by molar-refractivity contribution is -0.146. The molecule has 13 heteroatoms. The second kappa shape index (κ2) is 15.8. The summed E-state index contributed by atoms with van der Waals surface area (Å²) in [5.41, 5.74) is -0.638. The number of carbonyl (C=O) groups excluding carboxylic acids is 6. The Bertz CT molecular complexity index is 1390. The standard InChI is InChI=1S/C36H53N7O6/c1-5-10-25(29(44)34(48)39-23-15-16-23)40-33(47)28-24-14-9-13-22(24)20-43(28)35(49)30(36(2,3)4)42-32(46)27(21-11-7-6-8-12-21)41-31(45)26-19-37-17-18-38-26/h17-19,21-25,27-28,30H,5-16,20H2,1-4H3,(H,39,48)(H,40,47)(H,41,45)(H,42,46)/t22-,24-,25?,27-,28?,30+/m0/s1. The molecule has 1 aliphatic heterocycles. The van der Waals surface area contributed by atoms with Gasteiger partial charge >= 0.3 is 0 Å². The van der Waals surface area contributed by atoms with Crippen LogP contribution in [-0.4, -0.2) is 86.9 Å². The van der Waals surface area contributed by atoms with E-state index in [1.807, 2.05) is 27.7 Å². The van der Waals surface area contributed by atoms with Crippen LogP contribution in [0.1, 0.15) is 115 Å². The summed E-state index contributed by atoms with van der Waals surface area (Å²) >= 11 is 0. The highest BCUT2D eigenvalue weighted by Crippen LogP contribution is 2.43. The van der Waals surface area contributed by atoms with Gasteiger partial charge in [-0.2, -0.15) is 0 Å². The number of nitrogens with one attached hydrogen (secondary N) is 4. The third kappa shape index (κ3) is 8.83. The van der Waals surface area contributed by atoms with Crippen molar-refractivity contribution < 1.29 is 28.8 Å². The summed E-state index contributed by atoms with van der Waals surface area (Å²) in [6.45, 7) is 7.85. The van der Waals surface area contributed by atoms with Crippen LogP contribution in [0.4, 0.5) is 0 Å². The monoisotopic (exact) mass is 679 g/mol. The van der Waals surface area contributed by atoms with E-state index in [0.717, 1.165) is 64.2 Å². The molecule has 6 atom stereocenters. The quantitative estimate of drug-likeness (QED) is 0.230. The second-order valence-electron chi connectivity index (χ2n) is 15.5. The summed E-state index contributed by atoms with van der Waals surface area (Å²) in [7, 11) is 0. The number of nitrogens with zero attached hydrogens (tertiary/aromatic N) is 3. The fourth-order valence-corrected chi connectivity index (χ4v) is 7.87. The molecule has 1 saturated heterocycles. The molecule has 5 rings (SSSR count). The zero-order chi connectivity index (χ0) is 35.3. The molecule has 4 fully saturated rings. The molecule has 3 saturated carbocycles. The van der Waals surface area contributed by atoms with Crippen LogP contribution in [0, 0.1) is 23.2 Å². The minimum Gasteiger partial charge on any atom is -0.347 e. The Hall–Kier alpha value is -3.90. The summed E-state index contributed by atoms with van der Waals surface area (Å²) in [5.74, 6) is -3.20. The lowest BCUT2D eigenvalue weighted by Gasteiger charge is -2.38. The highest BCUT2D eigenvalue weighted by molar-refractivity contribution is 6.38. The maximum Gasteiger partial charge on any atom is 0.289 e. The average molecular weight is 680 g/mol. The molecule has 268 valence electrons. The van der Waals surface area contributed by atoms with E-state index in [-0.39, 0.29) is 35.4 Å². The van der Waals surface area contributed by atoms with E-state index in [2.05, 4.69) is 31.2 Å². The van der Waals surface area contributed by atoms with E-state index in [1.165, 1.54) is 18.6 Å². The molecule has 1 aromatic heterocycles. The average Bonchev–Trinajstić information content (AvgIpc) is 3.65. The number of rotatable bonds is 13. The van der Waals surface area contributed by atoms with Crippen molar-refractivity contribution in [3.05, 3.63) is 24.3 Å². The molecule has 0 spiro atoms. The molecule has 49 heavy (non-hydrogen) atoms. The molecule has 4 N–H and O–H groups in total. The normalized spacial score (nSPS) is 24.2. The van der Waals surface area contributed by atoms with Gasteiger partial charge in [-0.1, -0.05) is 59.8 Å². The molecule has 0 bridgehead atoms. The molecule has 2 unspecified atom stereocenters. The van der Waals surface area contributed by atoms with Gasteiger partial charge in [-0.25, -0.2) is 4.98 Å². The lowest BCUT2D eigenvalue weighted by Crippen LogP contribution is -2.62. The Morgan fingerprint density at radius 2 is 1.63 bits per heavy atom. The second-order valence-corrected chi connectivity index (χ2v) is 15.5. The molecule has 5 amide bonds. The maximum atomic E-state index is 14.6. The zero-order valence-corrected chi connectivity index (χ0v) is 29.3. The largest absolute Gasteiger partial charge is 0.347 e. The van der Waals surface area contributed by atoms with Gasteiger partial charge in [0.1, 0.15) is 23.8 Å². The predicted molar refractivity (Wildman–Crippen MR) is 181 cm³/mol. The Morgan fingerprint density at radius 1 is 0.898 bits per heavy atom. The smallest absolute Gasteiger partial charge is 0.289 e. The van der Waals surface area contributed by atoms with Gasteiger partial charge in [0.05, 0.1) is 12.2 Å². The molecule has 1 aromatic rings. The van der Waals surface area contributed by atoms with Crippen molar-refractivity contribution in [1.29, 1.82) is 0 Å². The molecular weight excluding hydrogens is 626 g/mol. The lowest BCUT2D eigenvalue weighted by atomic mass is 9.82. The van der Waals surface area contributed by atoms with Crippen molar-refractivity contribution >= 4 is 35.3 Å². The first-order valence-corrected chi connectivity index (χ1v) is 18.2. The molecule has 4 aliphatic rings. The summed E-state index contributed by atoms with van der Waals surface area (Å²) in [6.07, 6.45) is 13.9. The Kier molecular flexibility index (Phi) is 11.7. The van der Waals surface area contributed by atoms with Gasteiger partial charge < -0.3 is 26.2 Å². The van der Waals surface area contributed by atoms with Crippen LogP contribution in [-0.2, 0) is 24.0 Å². The van der Waals surface area contributed by atoms with Gasteiger partial charge in [0.2, 0.25) is 23.5 Å². The van der Waals surface area contributed by atoms with Crippen molar-refractivity contribution in [2.75, 3.05) is 6.54 Å². The number of fused-ring (bicyclic) bond motifs is 1. The van der Waals surface area contributed by atoms with Gasteiger partial charge in [0.15, 0.2) is 0 Å². The van der Waals surface area contributed by atoms with Gasteiger partial charge in [0.25, 0.3) is 11.8 Å². The van der Waals surface area contributed by atoms with Crippen molar-refractivity contribution in [2.24, 2.45) is 23.2 Å². The van der Waals surface area contributed by atoms with Crippen molar-refractivity contribution in [3.8, 4) is 0 Å². The molecule has 0 radical (unpaired) electrons. The first kappa shape index (κ1) is 36.4. The Morgan fingerprint density at radius 3 is 2.27 bits per heavy atom. The number of likely N-dealkylation sites (tertiary alicyclic amines) is 1. The summed E-state index contributed by atoms with van der Waals surface area (Å²) in [4.78, 5) is 91.4. The van der Waals surface area contributed by atoms with E-state index >= 15 is 0 Å². The van der Waals surface area contributed by atoms with Crippen LogP contribution in [0.15, 0.2) is 18.6 Å². The van der Waals surface area contributed by atoms with Crippen LogP contribution >= 0.6 is 0 Å². The van der Waals surface area contributed by atoms with Crippen LogP contribution in [0.5, 0.6) is 0 Å². The number of amides is 5. The van der Waals surface area contributed by atoms with Crippen LogP contribution < -0.4 is 21.3 Å². The van der Waals surface area contributed by atoms with Crippen molar-refractivity contribution in [2.45, 2.75) is 135 Å². The molecule has 2 heterocycles. The van der Waals surface area contributed by atoms with E-state index < -0.39 is 59.0 Å². The van der Waals surface area contributed by atoms with E-state index in [0.29, 0.717) is 19.4 Å². The van der Waals surface area contributed by atoms with Gasteiger partial charge in [-0.05, 0) is 68.1 Å². The first-order valence-electron chi connectivity index (χ1n) is 18.2. The van der Waals surface area contributed by atoms with Crippen molar-refractivity contribution in [1.82, 2.24) is 36.1 Å². The number of ketones is 1. The first-order chi connectivity index (χ1) is 23.4. The van der Waals surface area contributed by atoms with E-state index in [1.54, 1.807) is 4.90 Å².